The van der Waals surface area contributed by atoms with Gasteiger partial charge in [-0.1, -0.05) is 44.2 Å². The van der Waals surface area contributed by atoms with Crippen molar-refractivity contribution in [2.45, 2.75) is 39.1 Å². The van der Waals surface area contributed by atoms with Crippen molar-refractivity contribution in [3.05, 3.63) is 35.9 Å². The fourth-order valence-electron chi connectivity index (χ4n) is 2.26. The number of rotatable bonds is 3. The van der Waals surface area contributed by atoms with Crippen LogP contribution in [0, 0.1) is 5.92 Å². The lowest BCUT2D eigenvalue weighted by atomic mass is 10.0. The smallest absolute Gasteiger partial charge is 0.417 e. The van der Waals surface area contributed by atoms with E-state index >= 15 is 0 Å². The van der Waals surface area contributed by atoms with Gasteiger partial charge in [-0.15, -0.1) is 0 Å². The van der Waals surface area contributed by atoms with Gasteiger partial charge in [0.25, 0.3) is 5.91 Å². The standard InChI is InChI=1S/C15H18FNO3/c1-9(2)12(16)14(18)17-10(3)13(20-15(17)19)11-7-5-4-6-8-11/h4-10,12-13H,1-3H3/t10-,12-,13-/m0/s1. The average Bonchev–Trinajstić information content (AvgIpc) is 2.73. The van der Waals surface area contributed by atoms with Gasteiger partial charge in [-0.05, 0) is 18.4 Å². The van der Waals surface area contributed by atoms with Gasteiger partial charge in [0.05, 0.1) is 6.04 Å². The third-order valence-electron chi connectivity index (χ3n) is 3.46. The van der Waals surface area contributed by atoms with Gasteiger partial charge in [-0.2, -0.15) is 0 Å². The number of amides is 2. The first-order valence-corrected chi connectivity index (χ1v) is 6.66. The summed E-state index contributed by atoms with van der Waals surface area (Å²) in [6.45, 7) is 4.89. The Morgan fingerprint density at radius 2 is 1.90 bits per heavy atom. The quantitative estimate of drug-likeness (QED) is 0.854. The van der Waals surface area contributed by atoms with Crippen LogP contribution >= 0.6 is 0 Å². The summed E-state index contributed by atoms with van der Waals surface area (Å²) >= 11 is 0. The van der Waals surface area contributed by atoms with E-state index in [9.17, 15) is 14.0 Å². The Morgan fingerprint density at radius 3 is 2.45 bits per heavy atom. The Labute approximate surface area is 117 Å². The Bertz CT molecular complexity index is 503. The Hall–Kier alpha value is -1.91. The maximum absolute atomic E-state index is 13.8. The van der Waals surface area contributed by atoms with E-state index in [0.29, 0.717) is 0 Å². The second kappa shape index (κ2) is 5.61. The first kappa shape index (κ1) is 14.5. The van der Waals surface area contributed by atoms with E-state index in [4.69, 9.17) is 4.74 Å². The Morgan fingerprint density at radius 1 is 1.30 bits per heavy atom. The molecule has 108 valence electrons. The van der Waals surface area contributed by atoms with Crippen LogP contribution in [0.25, 0.3) is 0 Å². The molecule has 0 unspecified atom stereocenters. The van der Waals surface area contributed by atoms with E-state index in [1.165, 1.54) is 0 Å². The predicted octanol–water partition coefficient (Wildman–Crippen LogP) is 3.09. The summed E-state index contributed by atoms with van der Waals surface area (Å²) in [5.41, 5.74) is 0.795. The molecule has 0 radical (unpaired) electrons. The van der Waals surface area contributed by atoms with Crippen molar-refractivity contribution < 1.29 is 18.7 Å². The highest BCUT2D eigenvalue weighted by atomic mass is 19.1. The minimum absolute atomic E-state index is 0.474. The van der Waals surface area contributed by atoms with Crippen LogP contribution in [0.5, 0.6) is 0 Å². The van der Waals surface area contributed by atoms with Gasteiger partial charge in [0.15, 0.2) is 6.17 Å². The van der Waals surface area contributed by atoms with Crippen LogP contribution in [0.3, 0.4) is 0 Å². The zero-order chi connectivity index (χ0) is 14.9. The molecule has 0 aliphatic carbocycles. The van der Waals surface area contributed by atoms with Crippen LogP contribution in [0.15, 0.2) is 30.3 Å². The van der Waals surface area contributed by atoms with Gasteiger partial charge in [0, 0.05) is 0 Å². The van der Waals surface area contributed by atoms with Gasteiger partial charge >= 0.3 is 6.09 Å². The van der Waals surface area contributed by atoms with E-state index in [0.717, 1.165) is 10.5 Å². The third-order valence-corrected chi connectivity index (χ3v) is 3.46. The molecule has 1 aliphatic heterocycles. The van der Waals surface area contributed by atoms with Crippen molar-refractivity contribution in [1.82, 2.24) is 4.90 Å². The van der Waals surface area contributed by atoms with Crippen molar-refractivity contribution in [2.24, 2.45) is 5.92 Å². The number of nitrogens with zero attached hydrogens (tertiary/aromatic N) is 1. The molecule has 1 aliphatic rings. The first-order valence-electron chi connectivity index (χ1n) is 6.66. The molecule has 1 aromatic carbocycles. The largest absolute Gasteiger partial charge is 0.439 e. The minimum Gasteiger partial charge on any atom is -0.439 e. The van der Waals surface area contributed by atoms with Crippen molar-refractivity contribution in [3.63, 3.8) is 0 Å². The summed E-state index contributed by atoms with van der Waals surface area (Å²) in [5.74, 6) is -1.30. The highest BCUT2D eigenvalue weighted by Crippen LogP contribution is 2.33. The molecular weight excluding hydrogens is 261 g/mol. The molecule has 2 rings (SSSR count). The second-order valence-electron chi connectivity index (χ2n) is 5.31. The molecule has 3 atom stereocenters. The summed E-state index contributed by atoms with van der Waals surface area (Å²) in [7, 11) is 0. The first-order chi connectivity index (χ1) is 9.43. The number of imide groups is 1. The molecule has 0 aromatic heterocycles. The van der Waals surface area contributed by atoms with Crippen LogP contribution in [0.1, 0.15) is 32.4 Å². The molecular formula is C15H18FNO3. The lowest BCUT2D eigenvalue weighted by Gasteiger charge is -2.22. The van der Waals surface area contributed by atoms with Crippen molar-refractivity contribution in [2.75, 3.05) is 0 Å². The molecule has 0 bridgehead atoms. The monoisotopic (exact) mass is 279 g/mol. The third kappa shape index (κ3) is 2.53. The van der Waals surface area contributed by atoms with Gasteiger partial charge in [-0.3, -0.25) is 4.79 Å². The van der Waals surface area contributed by atoms with Gasteiger partial charge in [-0.25, -0.2) is 14.1 Å². The summed E-state index contributed by atoms with van der Waals surface area (Å²) < 4.78 is 19.1. The number of carbonyl (C=O) groups excluding carboxylic acids is 2. The Kier molecular flexibility index (Phi) is 4.06. The van der Waals surface area contributed by atoms with E-state index < -0.39 is 36.2 Å². The van der Waals surface area contributed by atoms with Crippen molar-refractivity contribution in [1.29, 1.82) is 0 Å². The number of carbonyl (C=O) groups is 2. The van der Waals surface area contributed by atoms with E-state index in [2.05, 4.69) is 0 Å². The number of benzene rings is 1. The highest BCUT2D eigenvalue weighted by molar-refractivity contribution is 5.96. The zero-order valence-electron chi connectivity index (χ0n) is 11.7. The number of cyclic esters (lactones) is 1. The second-order valence-corrected chi connectivity index (χ2v) is 5.31. The summed E-state index contributed by atoms with van der Waals surface area (Å²) in [6.07, 6.45) is -3.02. The van der Waals surface area contributed by atoms with Crippen LogP contribution < -0.4 is 0 Å². The molecule has 4 nitrogen and oxygen atoms in total. The molecule has 0 spiro atoms. The summed E-state index contributed by atoms with van der Waals surface area (Å²) in [5, 5.41) is 0. The predicted molar refractivity (Wildman–Crippen MR) is 71.7 cm³/mol. The molecule has 0 saturated carbocycles. The number of alkyl halides is 1. The topological polar surface area (TPSA) is 46.6 Å². The molecule has 1 saturated heterocycles. The fraction of sp³-hybridized carbons (Fsp3) is 0.467. The summed E-state index contributed by atoms with van der Waals surface area (Å²) in [6, 6.07) is 8.62. The number of hydrogen-bond acceptors (Lipinski definition) is 3. The van der Waals surface area contributed by atoms with Crippen LogP contribution in [-0.2, 0) is 9.53 Å². The molecule has 1 heterocycles. The van der Waals surface area contributed by atoms with E-state index in [-0.39, 0.29) is 0 Å². The maximum atomic E-state index is 13.8. The molecule has 0 N–H and O–H groups in total. The van der Waals surface area contributed by atoms with Crippen molar-refractivity contribution in [3.8, 4) is 0 Å². The zero-order valence-corrected chi connectivity index (χ0v) is 11.7. The number of hydrogen-bond donors (Lipinski definition) is 0. The van der Waals surface area contributed by atoms with Gasteiger partial charge < -0.3 is 4.74 Å². The Balaban J connectivity index is 2.21. The normalized spacial score (nSPS) is 23.9. The highest BCUT2D eigenvalue weighted by Gasteiger charge is 2.45. The van der Waals surface area contributed by atoms with Crippen LogP contribution in [0.2, 0.25) is 0 Å². The van der Waals surface area contributed by atoms with Crippen LogP contribution in [-0.4, -0.2) is 29.1 Å². The molecule has 5 heteroatoms. The van der Waals surface area contributed by atoms with Gasteiger partial charge in [0.2, 0.25) is 0 Å². The minimum atomic E-state index is -1.69. The lowest BCUT2D eigenvalue weighted by molar-refractivity contribution is -0.135. The SMILES string of the molecule is CC(C)[C@H](F)C(=O)N1C(=O)O[C@H](c2ccccc2)[C@@H]1C. The maximum Gasteiger partial charge on any atom is 0.417 e. The van der Waals surface area contributed by atoms with E-state index in [1.807, 2.05) is 30.3 Å². The lowest BCUT2D eigenvalue weighted by Crippen LogP contribution is -2.44. The molecule has 20 heavy (non-hydrogen) atoms. The molecule has 2 amide bonds. The van der Waals surface area contributed by atoms with Crippen LogP contribution in [0.4, 0.5) is 9.18 Å². The summed E-state index contributed by atoms with van der Waals surface area (Å²) in [4.78, 5) is 24.8. The number of halogens is 1. The molecule has 1 aromatic rings. The molecule has 1 fully saturated rings. The average molecular weight is 279 g/mol. The number of ether oxygens (including phenoxy) is 1. The van der Waals surface area contributed by atoms with Gasteiger partial charge in [0.1, 0.15) is 6.10 Å². The van der Waals surface area contributed by atoms with Crippen molar-refractivity contribution >= 4 is 12.0 Å². The van der Waals surface area contributed by atoms with E-state index in [1.54, 1.807) is 20.8 Å². The fourth-order valence-corrected chi connectivity index (χ4v) is 2.26.